The first kappa shape index (κ1) is 14.5. The molecule has 0 aliphatic rings. The molecule has 0 N–H and O–H groups in total. The van der Waals surface area contributed by atoms with E-state index in [1.165, 1.54) is 6.20 Å². The average Bonchev–Trinajstić information content (AvgIpc) is 2.41. The zero-order chi connectivity index (χ0) is 14.6. The number of hydrogen-bond donors (Lipinski definition) is 0. The Bertz CT molecular complexity index is 597. The number of esters is 1. The molecule has 2 aromatic rings. The molecule has 0 saturated carbocycles. The molecule has 4 heteroatoms. The fraction of sp³-hybridized carbons (Fsp3) is 0.375. The van der Waals surface area contributed by atoms with Gasteiger partial charge < -0.3 is 9.47 Å². The second kappa shape index (κ2) is 6.01. The monoisotopic (exact) mass is 273 g/mol. The Kier molecular flexibility index (Phi) is 4.35. The third-order valence-corrected chi connectivity index (χ3v) is 2.74. The van der Waals surface area contributed by atoms with E-state index < -0.39 is 0 Å². The number of benzene rings is 1. The van der Waals surface area contributed by atoms with Crippen molar-refractivity contribution in [2.45, 2.75) is 26.4 Å². The maximum absolute atomic E-state index is 12.1. The van der Waals surface area contributed by atoms with Gasteiger partial charge in [0.25, 0.3) is 0 Å². The molecule has 20 heavy (non-hydrogen) atoms. The summed E-state index contributed by atoms with van der Waals surface area (Å²) in [7, 11) is 0. The number of ether oxygens (including phenoxy) is 2. The van der Waals surface area contributed by atoms with Gasteiger partial charge in [0.05, 0.1) is 17.8 Å². The molecule has 0 aliphatic heterocycles. The van der Waals surface area contributed by atoms with Crippen LogP contribution < -0.4 is 0 Å². The molecule has 0 unspecified atom stereocenters. The summed E-state index contributed by atoms with van der Waals surface area (Å²) < 4.78 is 10.7. The van der Waals surface area contributed by atoms with Crippen molar-refractivity contribution in [3.05, 3.63) is 42.2 Å². The normalized spacial score (nSPS) is 11.6. The van der Waals surface area contributed by atoms with Gasteiger partial charge in [0.2, 0.25) is 0 Å². The minimum absolute atomic E-state index is 0.229. The standard InChI is InChI=1S/C16H19NO3/c1-16(2,3)20-9-8-19-15(18)14-11-17-10-12-6-4-5-7-13(12)14/h4-7,10-11H,8-9H2,1-3H3. The predicted octanol–water partition coefficient (Wildman–Crippen LogP) is 3.21. The Balaban J connectivity index is 2.01. The first-order valence-electron chi connectivity index (χ1n) is 6.61. The largest absolute Gasteiger partial charge is 0.460 e. The van der Waals surface area contributed by atoms with Gasteiger partial charge in [0.15, 0.2) is 0 Å². The Labute approximate surface area is 118 Å². The minimum Gasteiger partial charge on any atom is -0.460 e. The maximum Gasteiger partial charge on any atom is 0.340 e. The SMILES string of the molecule is CC(C)(C)OCCOC(=O)c1cncc2ccccc12. The van der Waals surface area contributed by atoms with Gasteiger partial charge in [-0.25, -0.2) is 4.79 Å². The highest BCUT2D eigenvalue weighted by atomic mass is 16.6. The van der Waals surface area contributed by atoms with E-state index in [9.17, 15) is 4.79 Å². The van der Waals surface area contributed by atoms with Crippen LogP contribution >= 0.6 is 0 Å². The number of aromatic nitrogens is 1. The van der Waals surface area contributed by atoms with E-state index in [4.69, 9.17) is 9.47 Å². The molecule has 0 saturated heterocycles. The highest BCUT2D eigenvalue weighted by Gasteiger charge is 2.13. The Morgan fingerprint density at radius 1 is 1.15 bits per heavy atom. The first-order chi connectivity index (χ1) is 9.47. The van der Waals surface area contributed by atoms with E-state index in [1.54, 1.807) is 6.20 Å². The summed E-state index contributed by atoms with van der Waals surface area (Å²) in [5.74, 6) is -0.369. The number of fused-ring (bicyclic) bond motifs is 1. The fourth-order valence-corrected chi connectivity index (χ4v) is 1.84. The predicted molar refractivity (Wildman–Crippen MR) is 77.7 cm³/mol. The summed E-state index contributed by atoms with van der Waals surface area (Å²) in [6.07, 6.45) is 3.27. The van der Waals surface area contributed by atoms with Crippen LogP contribution in [-0.4, -0.2) is 29.8 Å². The molecule has 0 amide bonds. The molecule has 1 aromatic carbocycles. The molecule has 1 aromatic heterocycles. The van der Waals surface area contributed by atoms with Crippen LogP contribution in [0.2, 0.25) is 0 Å². The molecule has 4 nitrogen and oxygen atoms in total. The van der Waals surface area contributed by atoms with Crippen LogP contribution in [0.5, 0.6) is 0 Å². The molecular weight excluding hydrogens is 254 g/mol. The molecular formula is C16H19NO3. The van der Waals surface area contributed by atoms with Gasteiger partial charge in [0.1, 0.15) is 6.61 Å². The summed E-state index contributed by atoms with van der Waals surface area (Å²) in [5, 5.41) is 1.78. The zero-order valence-corrected chi connectivity index (χ0v) is 12.1. The Morgan fingerprint density at radius 3 is 2.65 bits per heavy atom. The van der Waals surface area contributed by atoms with Gasteiger partial charge in [-0.1, -0.05) is 24.3 Å². The first-order valence-corrected chi connectivity index (χ1v) is 6.61. The van der Waals surface area contributed by atoms with E-state index in [2.05, 4.69) is 4.98 Å². The molecule has 106 valence electrons. The van der Waals surface area contributed by atoms with Crippen LogP contribution in [-0.2, 0) is 9.47 Å². The second-order valence-corrected chi connectivity index (χ2v) is 5.50. The highest BCUT2D eigenvalue weighted by Crippen LogP contribution is 2.17. The molecule has 2 rings (SSSR count). The lowest BCUT2D eigenvalue weighted by Crippen LogP contribution is -2.22. The van der Waals surface area contributed by atoms with Gasteiger partial charge in [-0.15, -0.1) is 0 Å². The number of rotatable bonds is 4. The van der Waals surface area contributed by atoms with Crippen molar-refractivity contribution in [3.63, 3.8) is 0 Å². The quantitative estimate of drug-likeness (QED) is 0.634. The van der Waals surface area contributed by atoms with Crippen molar-refractivity contribution >= 4 is 16.7 Å². The smallest absolute Gasteiger partial charge is 0.340 e. The van der Waals surface area contributed by atoms with E-state index in [1.807, 2.05) is 45.0 Å². The number of pyridine rings is 1. The van der Waals surface area contributed by atoms with Crippen molar-refractivity contribution < 1.29 is 14.3 Å². The van der Waals surface area contributed by atoms with Crippen LogP contribution in [0.3, 0.4) is 0 Å². The van der Waals surface area contributed by atoms with Gasteiger partial charge in [-0.2, -0.15) is 0 Å². The van der Waals surface area contributed by atoms with Crippen LogP contribution in [0.1, 0.15) is 31.1 Å². The summed E-state index contributed by atoms with van der Waals surface area (Å²) in [5.41, 5.74) is 0.256. The molecule has 1 heterocycles. The summed E-state index contributed by atoms with van der Waals surface area (Å²) in [4.78, 5) is 16.1. The Hall–Kier alpha value is -1.94. The van der Waals surface area contributed by atoms with Gasteiger partial charge in [0, 0.05) is 17.8 Å². The summed E-state index contributed by atoms with van der Waals surface area (Å²) in [6.45, 7) is 6.50. The van der Waals surface area contributed by atoms with Crippen LogP contribution in [0.25, 0.3) is 10.8 Å². The van der Waals surface area contributed by atoms with Crippen molar-refractivity contribution in [1.29, 1.82) is 0 Å². The van der Waals surface area contributed by atoms with Gasteiger partial charge in [-0.3, -0.25) is 4.98 Å². The number of carbonyl (C=O) groups excluding carboxylic acids is 1. The van der Waals surface area contributed by atoms with E-state index in [0.717, 1.165) is 10.8 Å². The molecule has 0 bridgehead atoms. The lowest BCUT2D eigenvalue weighted by atomic mass is 10.1. The van der Waals surface area contributed by atoms with Crippen molar-refractivity contribution in [2.75, 3.05) is 13.2 Å². The fourth-order valence-electron chi connectivity index (χ4n) is 1.84. The van der Waals surface area contributed by atoms with Crippen molar-refractivity contribution in [3.8, 4) is 0 Å². The highest BCUT2D eigenvalue weighted by molar-refractivity contribution is 6.03. The lowest BCUT2D eigenvalue weighted by Gasteiger charge is -2.19. The molecule has 0 radical (unpaired) electrons. The molecule has 0 fully saturated rings. The summed E-state index contributed by atoms with van der Waals surface area (Å²) in [6, 6.07) is 7.61. The lowest BCUT2D eigenvalue weighted by molar-refractivity contribution is -0.0281. The maximum atomic E-state index is 12.1. The van der Waals surface area contributed by atoms with E-state index in [-0.39, 0.29) is 18.2 Å². The van der Waals surface area contributed by atoms with E-state index >= 15 is 0 Å². The zero-order valence-electron chi connectivity index (χ0n) is 12.1. The second-order valence-electron chi connectivity index (χ2n) is 5.50. The topological polar surface area (TPSA) is 48.4 Å². The van der Waals surface area contributed by atoms with Gasteiger partial charge in [-0.05, 0) is 26.2 Å². The van der Waals surface area contributed by atoms with Crippen molar-refractivity contribution in [1.82, 2.24) is 4.98 Å². The minimum atomic E-state index is -0.369. The molecule has 0 spiro atoms. The van der Waals surface area contributed by atoms with Crippen LogP contribution in [0.4, 0.5) is 0 Å². The third-order valence-electron chi connectivity index (χ3n) is 2.74. The Morgan fingerprint density at radius 2 is 1.90 bits per heavy atom. The van der Waals surface area contributed by atoms with Gasteiger partial charge >= 0.3 is 5.97 Å². The number of carbonyl (C=O) groups is 1. The number of hydrogen-bond acceptors (Lipinski definition) is 4. The number of nitrogens with zero attached hydrogens (tertiary/aromatic N) is 1. The summed E-state index contributed by atoms with van der Waals surface area (Å²) >= 11 is 0. The van der Waals surface area contributed by atoms with Crippen LogP contribution in [0, 0.1) is 0 Å². The third kappa shape index (κ3) is 3.78. The van der Waals surface area contributed by atoms with E-state index in [0.29, 0.717) is 12.2 Å². The van der Waals surface area contributed by atoms with Crippen molar-refractivity contribution in [2.24, 2.45) is 0 Å². The van der Waals surface area contributed by atoms with Crippen LogP contribution in [0.15, 0.2) is 36.7 Å². The molecule has 0 aliphatic carbocycles. The molecule has 0 atom stereocenters. The average molecular weight is 273 g/mol.